The van der Waals surface area contributed by atoms with E-state index in [2.05, 4.69) is 4.98 Å². The second-order valence-corrected chi connectivity index (χ2v) is 2.99. The smallest absolute Gasteiger partial charge is 0.376 e. The van der Waals surface area contributed by atoms with Gasteiger partial charge in [-0.2, -0.15) is 0 Å². The Morgan fingerprint density at radius 2 is 2.53 bits per heavy atom. The Morgan fingerprint density at radius 3 is 3.13 bits per heavy atom. The lowest BCUT2D eigenvalue weighted by molar-refractivity contribution is 0.0123. The van der Waals surface area contributed by atoms with Crippen LogP contribution in [0.25, 0.3) is 0 Å². The third-order valence-electron chi connectivity index (χ3n) is 1.94. The van der Waals surface area contributed by atoms with E-state index in [9.17, 15) is 4.79 Å². The summed E-state index contributed by atoms with van der Waals surface area (Å²) in [6.07, 6.45) is 5.96. The zero-order valence-corrected chi connectivity index (χ0v) is 8.16. The first kappa shape index (κ1) is 9.51. The molecule has 0 fully saturated rings. The standard InChI is InChI=1S/C10H10N2O3/c1-8(12-5-4-11-7-12)15-10(13)9-3-2-6-14-9/h2-8H,1H3. The zero-order chi connectivity index (χ0) is 10.7. The minimum absolute atomic E-state index is 0.196. The average molecular weight is 206 g/mol. The molecule has 0 saturated heterocycles. The average Bonchev–Trinajstić information content (AvgIpc) is 2.91. The summed E-state index contributed by atoms with van der Waals surface area (Å²) in [5.74, 6) is -0.289. The van der Waals surface area contributed by atoms with Crippen LogP contribution in [-0.2, 0) is 4.74 Å². The Labute approximate surface area is 86.3 Å². The van der Waals surface area contributed by atoms with Gasteiger partial charge in [-0.3, -0.25) is 0 Å². The molecule has 0 bridgehead atoms. The SMILES string of the molecule is CC(OC(=O)c1ccco1)n1ccnc1. The van der Waals surface area contributed by atoms with Gasteiger partial charge in [-0.25, -0.2) is 9.78 Å². The van der Waals surface area contributed by atoms with Crippen molar-refractivity contribution >= 4 is 5.97 Å². The lowest BCUT2D eigenvalue weighted by atomic mass is 10.4. The summed E-state index contributed by atoms with van der Waals surface area (Å²) in [6, 6.07) is 3.20. The molecule has 0 amide bonds. The molecule has 15 heavy (non-hydrogen) atoms. The lowest BCUT2D eigenvalue weighted by Gasteiger charge is -2.12. The van der Waals surface area contributed by atoms with Crippen LogP contribution >= 0.6 is 0 Å². The number of carbonyl (C=O) groups excluding carboxylic acids is 1. The molecule has 0 aliphatic heterocycles. The van der Waals surface area contributed by atoms with Gasteiger partial charge in [0.2, 0.25) is 5.76 Å². The Kier molecular flexibility index (Phi) is 2.53. The summed E-state index contributed by atoms with van der Waals surface area (Å²) >= 11 is 0. The summed E-state index contributed by atoms with van der Waals surface area (Å²) in [5.41, 5.74) is 0. The van der Waals surface area contributed by atoms with E-state index in [1.165, 1.54) is 6.26 Å². The molecule has 0 radical (unpaired) electrons. The second-order valence-electron chi connectivity index (χ2n) is 2.99. The number of aromatic nitrogens is 2. The molecule has 5 heteroatoms. The Balaban J connectivity index is 2.01. The van der Waals surface area contributed by atoms with E-state index < -0.39 is 12.2 Å². The fraction of sp³-hybridized carbons (Fsp3) is 0.200. The molecular weight excluding hydrogens is 196 g/mol. The molecule has 78 valence electrons. The van der Waals surface area contributed by atoms with Crippen LogP contribution in [0.5, 0.6) is 0 Å². The summed E-state index contributed by atoms with van der Waals surface area (Å²) < 4.78 is 11.7. The molecule has 1 unspecified atom stereocenters. The molecule has 5 nitrogen and oxygen atoms in total. The van der Waals surface area contributed by atoms with Gasteiger partial charge in [-0.15, -0.1) is 0 Å². The molecule has 0 N–H and O–H groups in total. The maximum atomic E-state index is 11.5. The summed E-state index contributed by atoms with van der Waals surface area (Å²) in [6.45, 7) is 1.75. The molecule has 1 atom stereocenters. The number of nitrogens with zero attached hydrogens (tertiary/aromatic N) is 2. The number of imidazole rings is 1. The highest BCUT2D eigenvalue weighted by Crippen LogP contribution is 2.11. The number of rotatable bonds is 3. The van der Waals surface area contributed by atoms with E-state index in [0.29, 0.717) is 0 Å². The molecule has 0 aromatic carbocycles. The van der Waals surface area contributed by atoms with Crippen LogP contribution in [0.4, 0.5) is 0 Å². The largest absolute Gasteiger partial charge is 0.457 e. The number of ether oxygens (including phenoxy) is 1. The Hall–Kier alpha value is -2.04. The fourth-order valence-electron chi connectivity index (χ4n) is 1.15. The number of esters is 1. The normalized spacial score (nSPS) is 12.3. The van der Waals surface area contributed by atoms with E-state index in [1.807, 2.05) is 0 Å². The van der Waals surface area contributed by atoms with Crippen LogP contribution in [0.3, 0.4) is 0 Å². The summed E-state index contributed by atoms with van der Waals surface area (Å²) in [5, 5.41) is 0. The van der Waals surface area contributed by atoms with Crippen LogP contribution in [0.1, 0.15) is 23.7 Å². The fourth-order valence-corrected chi connectivity index (χ4v) is 1.15. The van der Waals surface area contributed by atoms with Crippen molar-refractivity contribution in [1.82, 2.24) is 9.55 Å². The van der Waals surface area contributed by atoms with Crippen molar-refractivity contribution < 1.29 is 13.9 Å². The molecular formula is C10H10N2O3. The van der Waals surface area contributed by atoms with Crippen molar-refractivity contribution in [2.24, 2.45) is 0 Å². The molecule has 0 saturated carbocycles. The van der Waals surface area contributed by atoms with Gasteiger partial charge in [0.25, 0.3) is 0 Å². The number of hydrogen-bond acceptors (Lipinski definition) is 4. The highest BCUT2D eigenvalue weighted by molar-refractivity contribution is 5.86. The van der Waals surface area contributed by atoms with Gasteiger partial charge >= 0.3 is 5.97 Å². The molecule has 0 aliphatic rings. The van der Waals surface area contributed by atoms with E-state index in [-0.39, 0.29) is 5.76 Å². The van der Waals surface area contributed by atoms with Gasteiger partial charge in [-0.05, 0) is 19.1 Å². The third-order valence-corrected chi connectivity index (χ3v) is 1.94. The number of carbonyl (C=O) groups is 1. The molecule has 2 heterocycles. The minimum Gasteiger partial charge on any atom is -0.457 e. The minimum atomic E-state index is -0.485. The lowest BCUT2D eigenvalue weighted by Crippen LogP contribution is -2.13. The predicted molar refractivity (Wildman–Crippen MR) is 51.1 cm³/mol. The van der Waals surface area contributed by atoms with Crippen molar-refractivity contribution in [2.45, 2.75) is 13.2 Å². The maximum Gasteiger partial charge on any atom is 0.376 e. The van der Waals surface area contributed by atoms with Gasteiger partial charge in [0.05, 0.1) is 12.6 Å². The molecule has 2 rings (SSSR count). The van der Waals surface area contributed by atoms with Crippen molar-refractivity contribution in [3.63, 3.8) is 0 Å². The van der Waals surface area contributed by atoms with Crippen molar-refractivity contribution in [3.8, 4) is 0 Å². The number of hydrogen-bond donors (Lipinski definition) is 0. The summed E-state index contributed by atoms with van der Waals surface area (Å²) in [7, 11) is 0. The van der Waals surface area contributed by atoms with E-state index in [0.717, 1.165) is 0 Å². The maximum absolute atomic E-state index is 11.5. The molecule has 0 spiro atoms. The van der Waals surface area contributed by atoms with Gasteiger partial charge in [-0.1, -0.05) is 0 Å². The quantitative estimate of drug-likeness (QED) is 0.719. The molecule has 2 aromatic rings. The van der Waals surface area contributed by atoms with E-state index >= 15 is 0 Å². The Morgan fingerprint density at radius 1 is 1.67 bits per heavy atom. The summed E-state index contributed by atoms with van der Waals surface area (Å²) in [4.78, 5) is 15.3. The van der Waals surface area contributed by atoms with Crippen LogP contribution < -0.4 is 0 Å². The first-order chi connectivity index (χ1) is 7.27. The van der Waals surface area contributed by atoms with Crippen LogP contribution in [0, 0.1) is 0 Å². The first-order valence-corrected chi connectivity index (χ1v) is 4.49. The molecule has 0 aliphatic carbocycles. The number of furan rings is 1. The third kappa shape index (κ3) is 2.07. The monoisotopic (exact) mass is 206 g/mol. The predicted octanol–water partition coefficient (Wildman–Crippen LogP) is 1.85. The van der Waals surface area contributed by atoms with Crippen molar-refractivity contribution in [3.05, 3.63) is 42.9 Å². The zero-order valence-electron chi connectivity index (χ0n) is 8.16. The van der Waals surface area contributed by atoms with Crippen molar-refractivity contribution in [1.29, 1.82) is 0 Å². The van der Waals surface area contributed by atoms with Crippen LogP contribution in [-0.4, -0.2) is 15.5 Å². The highest BCUT2D eigenvalue weighted by Gasteiger charge is 2.14. The Bertz CT molecular complexity index is 419. The topological polar surface area (TPSA) is 57.3 Å². The van der Waals surface area contributed by atoms with Crippen LogP contribution in [0.15, 0.2) is 41.5 Å². The van der Waals surface area contributed by atoms with Gasteiger partial charge in [0.15, 0.2) is 6.23 Å². The highest BCUT2D eigenvalue weighted by atomic mass is 16.6. The van der Waals surface area contributed by atoms with Gasteiger partial charge in [0.1, 0.15) is 0 Å². The second kappa shape index (κ2) is 4.00. The molecule has 2 aromatic heterocycles. The van der Waals surface area contributed by atoms with Gasteiger partial charge in [0, 0.05) is 12.4 Å². The van der Waals surface area contributed by atoms with E-state index in [4.69, 9.17) is 9.15 Å². The van der Waals surface area contributed by atoms with Crippen molar-refractivity contribution in [2.75, 3.05) is 0 Å². The van der Waals surface area contributed by atoms with Gasteiger partial charge < -0.3 is 13.7 Å². The van der Waals surface area contributed by atoms with Crippen LogP contribution in [0.2, 0.25) is 0 Å². The van der Waals surface area contributed by atoms with E-state index in [1.54, 1.807) is 42.3 Å². The first-order valence-electron chi connectivity index (χ1n) is 4.49.